The molecule has 0 saturated carbocycles. The van der Waals surface area contributed by atoms with Crippen molar-refractivity contribution in [3.63, 3.8) is 0 Å². The lowest BCUT2D eigenvalue weighted by atomic mass is 9.87. The molecule has 4 aromatic rings. The number of carbonyl (C=O) groups excluding carboxylic acids is 1. The Kier molecular flexibility index (Phi) is 5.28. The highest BCUT2D eigenvalue weighted by Gasteiger charge is 2.28. The molecule has 30 heavy (non-hydrogen) atoms. The highest BCUT2D eigenvalue weighted by molar-refractivity contribution is 7.99. The van der Waals surface area contributed by atoms with E-state index in [1.165, 1.54) is 26.3 Å². The zero-order valence-electron chi connectivity index (χ0n) is 16.3. The van der Waals surface area contributed by atoms with Crippen LogP contribution in [0.25, 0.3) is 10.9 Å². The Morgan fingerprint density at radius 2 is 1.80 bits per heavy atom. The van der Waals surface area contributed by atoms with Crippen LogP contribution in [0.1, 0.15) is 29.0 Å². The number of hydrogen-bond acceptors (Lipinski definition) is 2. The monoisotopic (exact) mass is 432 g/mol. The number of nitrogens with one attached hydrogen (secondary N) is 2. The van der Waals surface area contributed by atoms with E-state index in [1.54, 1.807) is 11.8 Å². The Morgan fingerprint density at radius 1 is 1.00 bits per heavy atom. The minimum Gasteiger partial charge on any atom is -0.361 e. The first-order valence-corrected chi connectivity index (χ1v) is 11.3. The Morgan fingerprint density at radius 3 is 2.73 bits per heavy atom. The van der Waals surface area contributed by atoms with Crippen LogP contribution in [-0.4, -0.2) is 17.4 Å². The van der Waals surface area contributed by atoms with Gasteiger partial charge in [-0.25, -0.2) is 0 Å². The van der Waals surface area contributed by atoms with Crippen LogP contribution in [0.15, 0.2) is 82.7 Å². The van der Waals surface area contributed by atoms with Crippen LogP contribution in [0.5, 0.6) is 0 Å². The zero-order valence-corrected chi connectivity index (χ0v) is 17.9. The van der Waals surface area contributed by atoms with Gasteiger partial charge in [-0.1, -0.05) is 59.8 Å². The average molecular weight is 433 g/mol. The van der Waals surface area contributed by atoms with Crippen LogP contribution < -0.4 is 5.32 Å². The summed E-state index contributed by atoms with van der Waals surface area (Å²) in [7, 11) is 0. The van der Waals surface area contributed by atoms with Gasteiger partial charge < -0.3 is 10.3 Å². The summed E-state index contributed by atoms with van der Waals surface area (Å²) in [6.07, 6.45) is 3.25. The van der Waals surface area contributed by atoms with E-state index in [9.17, 15) is 4.79 Å². The van der Waals surface area contributed by atoms with E-state index in [2.05, 4.69) is 40.6 Å². The second-order valence-corrected chi connectivity index (χ2v) is 9.06. The Hall–Kier alpha value is -2.69. The second kappa shape index (κ2) is 8.21. The number of aromatic nitrogens is 1. The molecule has 2 heterocycles. The van der Waals surface area contributed by atoms with Gasteiger partial charge in [0, 0.05) is 50.8 Å². The van der Waals surface area contributed by atoms with Crippen molar-refractivity contribution in [3.8, 4) is 0 Å². The van der Waals surface area contributed by atoms with Gasteiger partial charge in [0.05, 0.1) is 0 Å². The van der Waals surface area contributed by atoms with E-state index < -0.39 is 0 Å². The van der Waals surface area contributed by atoms with Crippen molar-refractivity contribution < 1.29 is 4.79 Å². The van der Waals surface area contributed by atoms with E-state index in [-0.39, 0.29) is 11.8 Å². The fourth-order valence-corrected chi connectivity index (χ4v) is 5.53. The summed E-state index contributed by atoms with van der Waals surface area (Å²) in [6.45, 7) is 0.617. The van der Waals surface area contributed by atoms with Crippen LogP contribution in [0.2, 0.25) is 5.02 Å². The quantitative estimate of drug-likeness (QED) is 0.396. The molecule has 0 bridgehead atoms. The lowest BCUT2D eigenvalue weighted by Gasteiger charge is -2.27. The number of para-hydroxylation sites is 1. The Balaban J connectivity index is 1.30. The van der Waals surface area contributed by atoms with E-state index in [1.807, 2.05) is 42.6 Å². The molecule has 0 spiro atoms. The summed E-state index contributed by atoms with van der Waals surface area (Å²) in [6, 6.07) is 22.5. The number of fused-ring (bicyclic) bond motifs is 3. The maximum Gasteiger partial charge on any atom is 0.220 e. The second-order valence-electron chi connectivity index (χ2n) is 7.54. The van der Waals surface area contributed by atoms with Gasteiger partial charge in [-0.2, -0.15) is 0 Å². The smallest absolute Gasteiger partial charge is 0.220 e. The van der Waals surface area contributed by atoms with Gasteiger partial charge in [-0.3, -0.25) is 4.79 Å². The van der Waals surface area contributed by atoms with Crippen molar-refractivity contribution >= 4 is 40.2 Å². The molecule has 1 atom stereocenters. The molecule has 2 N–H and O–H groups in total. The molecule has 5 rings (SSSR count). The van der Waals surface area contributed by atoms with Crippen molar-refractivity contribution in [1.82, 2.24) is 10.3 Å². The predicted octanol–water partition coefficient (Wildman–Crippen LogP) is 6.17. The number of H-pyrrole nitrogens is 1. The Labute approximate surface area is 184 Å². The van der Waals surface area contributed by atoms with Crippen molar-refractivity contribution in [3.05, 3.63) is 94.6 Å². The van der Waals surface area contributed by atoms with Crippen molar-refractivity contribution in [2.75, 3.05) is 6.54 Å². The molecule has 0 radical (unpaired) electrons. The number of rotatable bonds is 5. The third-order valence-corrected chi connectivity index (χ3v) is 7.06. The number of hydrogen-bond donors (Lipinski definition) is 2. The molecule has 5 heteroatoms. The fraction of sp³-hybridized carbons (Fsp3) is 0.160. The average Bonchev–Trinajstić information content (AvgIpc) is 3.17. The van der Waals surface area contributed by atoms with Crippen LogP contribution in [0.4, 0.5) is 0 Å². The lowest BCUT2D eigenvalue weighted by Crippen LogP contribution is -2.28. The third-order valence-electron chi connectivity index (χ3n) is 5.64. The molecular weight excluding hydrogens is 412 g/mol. The molecule has 1 aliphatic rings. The number of carbonyl (C=O) groups is 1. The van der Waals surface area contributed by atoms with Gasteiger partial charge in [0.2, 0.25) is 5.91 Å². The molecule has 3 aromatic carbocycles. The van der Waals surface area contributed by atoms with Crippen molar-refractivity contribution in [2.45, 2.75) is 28.6 Å². The highest BCUT2D eigenvalue weighted by atomic mass is 35.5. The maximum absolute atomic E-state index is 12.8. The molecule has 1 aromatic heterocycles. The minimum absolute atomic E-state index is 0.0178. The number of benzene rings is 3. The molecule has 0 unspecified atom stereocenters. The van der Waals surface area contributed by atoms with Crippen molar-refractivity contribution in [1.29, 1.82) is 0 Å². The summed E-state index contributed by atoms with van der Waals surface area (Å²) in [5, 5.41) is 5.04. The van der Waals surface area contributed by atoms with Gasteiger partial charge in [0.15, 0.2) is 0 Å². The number of halogens is 1. The lowest BCUT2D eigenvalue weighted by molar-refractivity contribution is -0.121. The van der Waals surface area contributed by atoms with Crippen LogP contribution in [0, 0.1) is 0 Å². The maximum atomic E-state index is 12.8. The summed E-state index contributed by atoms with van der Waals surface area (Å²) >= 11 is 8.03. The number of amides is 1. The molecular formula is C25H21ClN2OS. The van der Waals surface area contributed by atoms with E-state index in [4.69, 9.17) is 11.6 Å². The summed E-state index contributed by atoms with van der Waals surface area (Å²) < 4.78 is 0. The van der Waals surface area contributed by atoms with Gasteiger partial charge in [-0.05, 0) is 53.4 Å². The predicted molar refractivity (Wildman–Crippen MR) is 123 cm³/mol. The largest absolute Gasteiger partial charge is 0.361 e. The first kappa shape index (κ1) is 19.3. The zero-order chi connectivity index (χ0) is 20.5. The first-order chi connectivity index (χ1) is 14.7. The van der Waals surface area contributed by atoms with Crippen molar-refractivity contribution in [2.24, 2.45) is 0 Å². The third kappa shape index (κ3) is 3.73. The molecule has 1 aliphatic heterocycles. The van der Waals surface area contributed by atoms with Gasteiger partial charge in [-0.15, -0.1) is 0 Å². The van der Waals surface area contributed by atoms with Gasteiger partial charge >= 0.3 is 0 Å². The minimum atomic E-state index is 0.0178. The summed E-state index contributed by atoms with van der Waals surface area (Å²) in [5.41, 5.74) is 4.69. The summed E-state index contributed by atoms with van der Waals surface area (Å²) in [5.74, 6) is 0.0803. The molecule has 0 fully saturated rings. The molecule has 1 amide bonds. The standard InChI is InChI=1S/C25H21ClN2OS/c26-17-9-10-24-21(13-17)20(19-6-2-4-8-23(19)30-24)14-25(29)27-12-11-16-15-28-22-7-3-1-5-18(16)22/h1-10,13,15,20,28H,11-12,14H2,(H,27,29)/t20-/m0/s1. The van der Waals surface area contributed by atoms with E-state index in [0.717, 1.165) is 17.5 Å². The Bertz CT molecular complexity index is 1230. The van der Waals surface area contributed by atoms with Gasteiger partial charge in [0.25, 0.3) is 0 Å². The molecule has 150 valence electrons. The van der Waals surface area contributed by atoms with E-state index >= 15 is 0 Å². The van der Waals surface area contributed by atoms with E-state index in [0.29, 0.717) is 18.0 Å². The number of aromatic amines is 1. The van der Waals surface area contributed by atoms with Crippen LogP contribution >= 0.6 is 23.4 Å². The fourth-order valence-electron chi connectivity index (χ4n) is 4.18. The highest BCUT2D eigenvalue weighted by Crippen LogP contribution is 2.47. The normalized spacial score (nSPS) is 14.9. The molecule has 0 saturated heterocycles. The SMILES string of the molecule is O=C(C[C@H]1c2ccccc2Sc2ccc(Cl)cc21)NCCc1c[nH]c2ccccc12. The van der Waals surface area contributed by atoms with Gasteiger partial charge in [0.1, 0.15) is 0 Å². The van der Waals surface area contributed by atoms with Crippen LogP contribution in [0.3, 0.4) is 0 Å². The topological polar surface area (TPSA) is 44.9 Å². The van der Waals surface area contributed by atoms with Crippen LogP contribution in [-0.2, 0) is 11.2 Å². The molecule has 0 aliphatic carbocycles. The molecule has 3 nitrogen and oxygen atoms in total. The summed E-state index contributed by atoms with van der Waals surface area (Å²) in [4.78, 5) is 18.5. The first-order valence-electron chi connectivity index (χ1n) is 10.1.